The summed E-state index contributed by atoms with van der Waals surface area (Å²) >= 11 is 0. The number of hydrogen-bond donors (Lipinski definition) is 0. The summed E-state index contributed by atoms with van der Waals surface area (Å²) in [5, 5.41) is 2.25. The van der Waals surface area contributed by atoms with Crippen LogP contribution in [0.4, 0.5) is 0 Å². The zero-order valence-corrected chi connectivity index (χ0v) is 25.4. The summed E-state index contributed by atoms with van der Waals surface area (Å²) in [4.78, 5) is 0. The van der Waals surface area contributed by atoms with E-state index in [1.807, 2.05) is 24.3 Å². The van der Waals surface area contributed by atoms with E-state index in [1.54, 1.807) is 21.3 Å². The summed E-state index contributed by atoms with van der Waals surface area (Å²) in [7, 11) is 5.13. The van der Waals surface area contributed by atoms with Crippen LogP contribution in [-0.4, -0.2) is 21.3 Å². The van der Waals surface area contributed by atoms with Gasteiger partial charge in [-0.25, -0.2) is 0 Å². The molecule has 0 saturated heterocycles. The number of benzene rings is 6. The fourth-order valence-electron chi connectivity index (χ4n) is 7.17. The van der Waals surface area contributed by atoms with E-state index in [0.29, 0.717) is 0 Å². The smallest absolute Gasteiger partial charge is 0.178 e. The third kappa shape index (κ3) is 4.13. The van der Waals surface area contributed by atoms with Gasteiger partial charge in [0, 0.05) is 28.0 Å². The van der Waals surface area contributed by atoms with Crippen LogP contribution in [0.3, 0.4) is 0 Å². The maximum Gasteiger partial charge on any atom is 0.178 e. The minimum Gasteiger partial charge on any atom is -0.497 e. The highest BCUT2D eigenvalue weighted by atomic mass is 16.5. The quantitative estimate of drug-likeness (QED) is 0.194. The fraction of sp³-hybridized carbons (Fsp3) is 0.122. The molecule has 0 aromatic heterocycles. The Kier molecular flexibility index (Phi) is 6.38. The van der Waals surface area contributed by atoms with Crippen molar-refractivity contribution in [1.29, 1.82) is 0 Å². The van der Waals surface area contributed by atoms with E-state index in [9.17, 15) is 0 Å². The Hall–Kier alpha value is -5.48. The van der Waals surface area contributed by atoms with Gasteiger partial charge in [0.2, 0.25) is 0 Å². The Morgan fingerprint density at radius 1 is 0.600 bits per heavy atom. The maximum absolute atomic E-state index is 7.37. The van der Waals surface area contributed by atoms with Crippen LogP contribution < -0.4 is 18.9 Å². The van der Waals surface area contributed by atoms with Crippen molar-refractivity contribution in [2.45, 2.75) is 11.5 Å². The second kappa shape index (κ2) is 10.6. The van der Waals surface area contributed by atoms with Crippen molar-refractivity contribution in [2.24, 2.45) is 0 Å². The molecule has 2 unspecified atom stereocenters. The Labute approximate surface area is 263 Å². The van der Waals surface area contributed by atoms with Gasteiger partial charge in [0.05, 0.1) is 21.3 Å². The molecule has 4 nitrogen and oxygen atoms in total. The van der Waals surface area contributed by atoms with Gasteiger partial charge in [0.15, 0.2) is 5.60 Å². The van der Waals surface area contributed by atoms with Crippen LogP contribution >= 0.6 is 0 Å². The van der Waals surface area contributed by atoms with Crippen molar-refractivity contribution in [3.63, 3.8) is 0 Å². The van der Waals surface area contributed by atoms with E-state index in [2.05, 4.69) is 109 Å². The van der Waals surface area contributed by atoms with Crippen LogP contribution in [0.2, 0.25) is 0 Å². The first-order valence-electron chi connectivity index (χ1n) is 15.1. The summed E-state index contributed by atoms with van der Waals surface area (Å²) in [6.07, 6.45) is 4.48. The highest BCUT2D eigenvalue weighted by Gasteiger charge is 2.42. The average molecular weight is 589 g/mol. The molecule has 45 heavy (non-hydrogen) atoms. The van der Waals surface area contributed by atoms with E-state index < -0.39 is 5.60 Å². The van der Waals surface area contributed by atoms with Crippen molar-refractivity contribution in [1.82, 2.24) is 0 Å². The molecule has 0 amide bonds. The molecule has 1 aliphatic heterocycles. The van der Waals surface area contributed by atoms with E-state index in [-0.39, 0.29) is 5.92 Å². The van der Waals surface area contributed by atoms with Gasteiger partial charge >= 0.3 is 0 Å². The largest absolute Gasteiger partial charge is 0.497 e. The van der Waals surface area contributed by atoms with Gasteiger partial charge in [0.25, 0.3) is 0 Å². The first-order chi connectivity index (χ1) is 22.1. The minimum atomic E-state index is -0.828. The second-order valence-electron chi connectivity index (χ2n) is 11.5. The molecule has 1 heterocycles. The zero-order valence-electron chi connectivity index (χ0n) is 25.4. The molecule has 0 saturated carbocycles. The second-order valence-corrected chi connectivity index (χ2v) is 11.5. The van der Waals surface area contributed by atoms with Gasteiger partial charge in [0.1, 0.15) is 23.0 Å². The molecule has 4 heteroatoms. The Bertz CT molecular complexity index is 2100. The first-order valence-corrected chi connectivity index (χ1v) is 15.1. The van der Waals surface area contributed by atoms with Crippen LogP contribution in [0.15, 0.2) is 127 Å². The van der Waals surface area contributed by atoms with Crippen LogP contribution in [0.5, 0.6) is 23.0 Å². The van der Waals surface area contributed by atoms with Gasteiger partial charge in [-0.2, -0.15) is 0 Å². The van der Waals surface area contributed by atoms with Crippen LogP contribution in [0, 0.1) is 0 Å². The molecular formula is C41H32O4. The van der Waals surface area contributed by atoms with Crippen molar-refractivity contribution in [3.05, 3.63) is 161 Å². The lowest BCUT2D eigenvalue weighted by Gasteiger charge is -2.37. The predicted octanol–water partition coefficient (Wildman–Crippen LogP) is 9.38. The lowest BCUT2D eigenvalue weighted by atomic mass is 9.81. The topological polar surface area (TPSA) is 36.9 Å². The predicted molar refractivity (Wildman–Crippen MR) is 180 cm³/mol. The maximum atomic E-state index is 7.37. The zero-order chi connectivity index (χ0) is 30.5. The summed E-state index contributed by atoms with van der Waals surface area (Å²) < 4.78 is 24.3. The van der Waals surface area contributed by atoms with E-state index in [0.717, 1.165) is 45.1 Å². The molecule has 0 fully saturated rings. The van der Waals surface area contributed by atoms with E-state index >= 15 is 0 Å². The summed E-state index contributed by atoms with van der Waals surface area (Å²) in [5.74, 6) is 3.34. The SMILES string of the molecule is COc1ccc(C2(c3ccccc3)C=Cc3c4c(c5ccccc5c3O2)C(c2cccc(OC)c2)c2cc(OC)ccc2-4)cc1. The Morgan fingerprint density at radius 2 is 1.27 bits per heavy atom. The van der Waals surface area contributed by atoms with Crippen molar-refractivity contribution in [3.8, 4) is 34.1 Å². The molecule has 0 spiro atoms. The fourth-order valence-corrected chi connectivity index (χ4v) is 7.17. The standard InChI is InChI=1S/C41H32O4/c1-42-29-18-16-28(17-19-29)41(27-11-5-4-6-12-27)23-22-35-38-33-21-20-31(44-3)25-36(33)37(26-10-9-13-30(24-26)43-2)39(38)32-14-7-8-15-34(32)40(35)45-41/h4-25,37H,1-3H3. The highest BCUT2D eigenvalue weighted by Crippen LogP contribution is 2.58. The molecule has 0 bridgehead atoms. The molecule has 0 radical (unpaired) electrons. The molecule has 0 N–H and O–H groups in total. The van der Waals surface area contributed by atoms with Crippen LogP contribution in [-0.2, 0) is 5.60 Å². The van der Waals surface area contributed by atoms with Crippen molar-refractivity contribution in [2.75, 3.05) is 21.3 Å². The van der Waals surface area contributed by atoms with E-state index in [1.165, 1.54) is 33.2 Å². The monoisotopic (exact) mass is 588 g/mol. The van der Waals surface area contributed by atoms with Gasteiger partial charge in [-0.05, 0) is 81.8 Å². The number of rotatable bonds is 6. The van der Waals surface area contributed by atoms with Gasteiger partial charge < -0.3 is 18.9 Å². The Morgan fingerprint density at radius 3 is 2.02 bits per heavy atom. The summed E-state index contributed by atoms with van der Waals surface area (Å²) in [6, 6.07) is 42.1. The molecule has 6 aromatic rings. The number of ether oxygens (including phenoxy) is 4. The number of hydrogen-bond acceptors (Lipinski definition) is 4. The lowest BCUT2D eigenvalue weighted by Crippen LogP contribution is -2.34. The molecule has 6 aromatic carbocycles. The third-order valence-electron chi connectivity index (χ3n) is 9.27. The highest BCUT2D eigenvalue weighted by molar-refractivity contribution is 6.06. The molecule has 8 rings (SSSR count). The molecular weight excluding hydrogens is 556 g/mol. The van der Waals surface area contributed by atoms with Crippen LogP contribution in [0.25, 0.3) is 28.0 Å². The van der Waals surface area contributed by atoms with Gasteiger partial charge in [-0.3, -0.25) is 0 Å². The van der Waals surface area contributed by atoms with Crippen molar-refractivity contribution >= 4 is 16.8 Å². The van der Waals surface area contributed by atoms with E-state index in [4.69, 9.17) is 18.9 Å². The normalized spacial score (nSPS) is 17.6. The van der Waals surface area contributed by atoms with Crippen LogP contribution in [0.1, 0.15) is 39.3 Å². The van der Waals surface area contributed by atoms with Gasteiger partial charge in [-0.15, -0.1) is 0 Å². The molecule has 220 valence electrons. The lowest BCUT2D eigenvalue weighted by molar-refractivity contribution is 0.163. The van der Waals surface area contributed by atoms with Crippen molar-refractivity contribution < 1.29 is 18.9 Å². The third-order valence-corrected chi connectivity index (χ3v) is 9.27. The number of methoxy groups -OCH3 is 3. The Balaban J connectivity index is 1.43. The number of fused-ring (bicyclic) bond motifs is 8. The average Bonchev–Trinajstić information content (AvgIpc) is 3.46. The summed E-state index contributed by atoms with van der Waals surface area (Å²) in [6.45, 7) is 0. The van der Waals surface area contributed by atoms with Gasteiger partial charge in [-0.1, -0.05) is 84.9 Å². The minimum absolute atomic E-state index is 0.00815. The molecule has 2 aliphatic rings. The molecule has 1 aliphatic carbocycles. The summed E-state index contributed by atoms with van der Waals surface area (Å²) in [5.41, 5.74) is 8.37. The first kappa shape index (κ1) is 27.1. The molecule has 2 atom stereocenters.